The Labute approximate surface area is 179 Å². The predicted octanol–water partition coefficient (Wildman–Crippen LogP) is 5.55. The Morgan fingerprint density at radius 2 is 1.55 bits per heavy atom. The van der Waals surface area contributed by atoms with E-state index in [4.69, 9.17) is 11.6 Å². The minimum Gasteiger partial charge on any atom is -0.319 e. The molecule has 0 saturated carbocycles. The van der Waals surface area contributed by atoms with E-state index in [1.165, 1.54) is 30.3 Å². The number of rotatable bonds is 5. The number of halogens is 5. The number of hydrogen-bond acceptors (Lipinski definition) is 3. The van der Waals surface area contributed by atoms with Crippen LogP contribution in [0, 0.1) is 5.82 Å². The molecule has 0 radical (unpaired) electrons. The van der Waals surface area contributed by atoms with Gasteiger partial charge < -0.3 is 5.32 Å². The normalized spacial score (nSPS) is 11.8. The molecule has 0 spiro atoms. The van der Waals surface area contributed by atoms with E-state index < -0.39 is 44.1 Å². The summed E-state index contributed by atoms with van der Waals surface area (Å²) in [6.45, 7) is 0. The van der Waals surface area contributed by atoms with Crippen LogP contribution in [0.25, 0.3) is 0 Å². The minimum absolute atomic E-state index is 0.186. The molecule has 0 aliphatic carbocycles. The van der Waals surface area contributed by atoms with Gasteiger partial charge in [0.05, 0.1) is 21.8 Å². The molecule has 3 aromatic carbocycles. The van der Waals surface area contributed by atoms with Crippen LogP contribution in [0.1, 0.15) is 15.9 Å². The summed E-state index contributed by atoms with van der Waals surface area (Å²) >= 11 is 5.74. The molecule has 0 bridgehead atoms. The topological polar surface area (TPSA) is 75.3 Å². The fraction of sp³-hybridized carbons (Fsp3) is 0.0500. The fourth-order valence-electron chi connectivity index (χ4n) is 2.58. The van der Waals surface area contributed by atoms with E-state index in [9.17, 15) is 30.8 Å². The van der Waals surface area contributed by atoms with E-state index in [0.29, 0.717) is 17.2 Å². The SMILES string of the molecule is O=C(Nc1ccc(S(=O)(=O)Nc2ccccc2C(F)(F)F)cc1F)c1ccc(Cl)cc1. The summed E-state index contributed by atoms with van der Waals surface area (Å²) in [6, 6.07) is 12.3. The quantitative estimate of drug-likeness (QED) is 0.478. The highest BCUT2D eigenvalue weighted by molar-refractivity contribution is 7.92. The van der Waals surface area contributed by atoms with Gasteiger partial charge in [0.25, 0.3) is 15.9 Å². The third-order valence-corrected chi connectivity index (χ3v) is 5.70. The van der Waals surface area contributed by atoms with E-state index in [0.717, 1.165) is 24.3 Å². The average molecular weight is 473 g/mol. The van der Waals surface area contributed by atoms with Crippen molar-refractivity contribution in [1.29, 1.82) is 0 Å². The molecule has 3 rings (SSSR count). The fourth-order valence-corrected chi connectivity index (χ4v) is 3.80. The van der Waals surface area contributed by atoms with Crippen molar-refractivity contribution in [2.45, 2.75) is 11.1 Å². The Hall–Kier alpha value is -3.11. The van der Waals surface area contributed by atoms with E-state index in [1.807, 2.05) is 4.72 Å². The highest BCUT2D eigenvalue weighted by Crippen LogP contribution is 2.35. The Morgan fingerprint density at radius 3 is 2.16 bits per heavy atom. The molecule has 0 unspecified atom stereocenters. The molecule has 2 N–H and O–H groups in total. The highest BCUT2D eigenvalue weighted by Gasteiger charge is 2.34. The second-order valence-corrected chi connectivity index (χ2v) is 8.37. The molecule has 0 aliphatic rings. The van der Waals surface area contributed by atoms with E-state index in [1.54, 1.807) is 0 Å². The van der Waals surface area contributed by atoms with Gasteiger partial charge in [0.15, 0.2) is 0 Å². The molecule has 1 amide bonds. The summed E-state index contributed by atoms with van der Waals surface area (Å²) in [7, 11) is -4.54. The van der Waals surface area contributed by atoms with Crippen LogP contribution in [0.2, 0.25) is 5.02 Å². The van der Waals surface area contributed by atoms with Crippen molar-refractivity contribution in [2.24, 2.45) is 0 Å². The lowest BCUT2D eigenvalue weighted by Gasteiger charge is -2.15. The largest absolute Gasteiger partial charge is 0.418 e. The molecule has 31 heavy (non-hydrogen) atoms. The monoisotopic (exact) mass is 472 g/mol. The minimum atomic E-state index is -4.79. The number of sulfonamides is 1. The summed E-state index contributed by atoms with van der Waals surface area (Å²) in [4.78, 5) is 11.6. The molecule has 5 nitrogen and oxygen atoms in total. The van der Waals surface area contributed by atoms with Gasteiger partial charge in [-0.05, 0) is 54.6 Å². The Morgan fingerprint density at radius 1 is 0.903 bits per heavy atom. The lowest BCUT2D eigenvalue weighted by Crippen LogP contribution is -2.18. The molecule has 0 heterocycles. The predicted molar refractivity (Wildman–Crippen MR) is 108 cm³/mol. The van der Waals surface area contributed by atoms with E-state index >= 15 is 0 Å². The average Bonchev–Trinajstić information content (AvgIpc) is 2.69. The number of amides is 1. The van der Waals surface area contributed by atoms with Gasteiger partial charge in [-0.1, -0.05) is 23.7 Å². The number of carbonyl (C=O) groups excluding carboxylic acids is 1. The zero-order valence-electron chi connectivity index (χ0n) is 15.4. The number of hydrogen-bond donors (Lipinski definition) is 2. The molecule has 0 aromatic heterocycles. The van der Waals surface area contributed by atoms with Gasteiger partial charge in [-0.15, -0.1) is 0 Å². The first-order valence-corrected chi connectivity index (χ1v) is 10.4. The maximum absolute atomic E-state index is 14.4. The number of benzene rings is 3. The second kappa shape index (κ2) is 8.56. The van der Waals surface area contributed by atoms with Crippen LogP contribution < -0.4 is 10.0 Å². The highest BCUT2D eigenvalue weighted by atomic mass is 35.5. The van der Waals surface area contributed by atoms with Crippen molar-refractivity contribution in [3.05, 3.63) is 88.7 Å². The van der Waals surface area contributed by atoms with Crippen molar-refractivity contribution in [3.8, 4) is 0 Å². The van der Waals surface area contributed by atoms with Crippen molar-refractivity contribution in [2.75, 3.05) is 10.0 Å². The third-order valence-electron chi connectivity index (χ3n) is 4.08. The standard InChI is InChI=1S/C20H13ClF4N2O3S/c21-13-7-5-12(6-8-13)19(28)26-18-10-9-14(11-16(18)22)31(29,30)27-17-4-2-1-3-15(17)20(23,24)25/h1-11,27H,(H,26,28). The van der Waals surface area contributed by atoms with Crippen molar-refractivity contribution < 1.29 is 30.8 Å². The van der Waals surface area contributed by atoms with Gasteiger partial charge in [0.1, 0.15) is 5.82 Å². The molecule has 0 fully saturated rings. The first-order chi connectivity index (χ1) is 14.5. The molecule has 11 heteroatoms. The van der Waals surface area contributed by atoms with Crippen LogP contribution >= 0.6 is 11.6 Å². The van der Waals surface area contributed by atoms with Crippen LogP contribution in [-0.2, 0) is 16.2 Å². The molecule has 162 valence electrons. The zero-order chi connectivity index (χ0) is 22.8. The molecular weight excluding hydrogens is 460 g/mol. The third kappa shape index (κ3) is 5.33. The Kier molecular flexibility index (Phi) is 6.23. The molecule has 0 aliphatic heterocycles. The molecule has 3 aromatic rings. The van der Waals surface area contributed by atoms with Crippen molar-refractivity contribution in [3.63, 3.8) is 0 Å². The summed E-state index contributed by atoms with van der Waals surface area (Å²) in [5.74, 6) is -1.75. The lowest BCUT2D eigenvalue weighted by molar-refractivity contribution is -0.136. The first kappa shape index (κ1) is 22.6. The van der Waals surface area contributed by atoms with Gasteiger partial charge in [-0.3, -0.25) is 9.52 Å². The van der Waals surface area contributed by atoms with Gasteiger partial charge in [0, 0.05) is 10.6 Å². The zero-order valence-corrected chi connectivity index (χ0v) is 16.9. The van der Waals surface area contributed by atoms with Crippen LogP contribution in [0.5, 0.6) is 0 Å². The number of anilines is 2. The number of nitrogens with one attached hydrogen (secondary N) is 2. The van der Waals surface area contributed by atoms with Crippen LogP contribution in [0.15, 0.2) is 71.6 Å². The summed E-state index contributed by atoms with van der Waals surface area (Å²) in [6.07, 6.45) is -4.79. The Balaban J connectivity index is 1.84. The summed E-state index contributed by atoms with van der Waals surface area (Å²) < 4.78 is 80.4. The Bertz CT molecular complexity index is 1230. The van der Waals surface area contributed by atoms with Crippen molar-refractivity contribution >= 4 is 38.9 Å². The molecule has 0 saturated heterocycles. The summed E-state index contributed by atoms with van der Waals surface area (Å²) in [5.41, 5.74) is -2.01. The first-order valence-electron chi connectivity index (χ1n) is 8.53. The van der Waals surface area contributed by atoms with Gasteiger partial charge in [0.2, 0.25) is 0 Å². The molecule has 0 atom stereocenters. The van der Waals surface area contributed by atoms with E-state index in [2.05, 4.69) is 5.32 Å². The van der Waals surface area contributed by atoms with Gasteiger partial charge in [-0.25, -0.2) is 12.8 Å². The van der Waals surface area contributed by atoms with Gasteiger partial charge in [-0.2, -0.15) is 13.2 Å². The van der Waals surface area contributed by atoms with Crippen molar-refractivity contribution in [1.82, 2.24) is 0 Å². The maximum atomic E-state index is 14.4. The number of para-hydroxylation sites is 1. The lowest BCUT2D eigenvalue weighted by atomic mass is 10.2. The second-order valence-electron chi connectivity index (χ2n) is 6.25. The maximum Gasteiger partial charge on any atom is 0.418 e. The summed E-state index contributed by atoms with van der Waals surface area (Å²) in [5, 5.41) is 2.68. The van der Waals surface area contributed by atoms with Crippen LogP contribution in [-0.4, -0.2) is 14.3 Å². The smallest absolute Gasteiger partial charge is 0.319 e. The van der Waals surface area contributed by atoms with Crippen LogP contribution in [0.3, 0.4) is 0 Å². The van der Waals surface area contributed by atoms with Crippen LogP contribution in [0.4, 0.5) is 28.9 Å². The molecular formula is C20H13ClF4N2O3S. The van der Waals surface area contributed by atoms with Gasteiger partial charge >= 0.3 is 6.18 Å². The van der Waals surface area contributed by atoms with E-state index in [-0.39, 0.29) is 11.3 Å². The number of carbonyl (C=O) groups is 1. The number of alkyl halides is 3.